The average molecular weight is 542 g/mol. The molecule has 0 aliphatic carbocycles. The molecule has 1 amide bonds. The van der Waals surface area contributed by atoms with Gasteiger partial charge in [-0.2, -0.15) is 4.31 Å². The summed E-state index contributed by atoms with van der Waals surface area (Å²) in [5.74, 6) is -1.27. The number of nitrogens with one attached hydrogen (secondary N) is 1. The molecule has 1 saturated heterocycles. The van der Waals surface area contributed by atoms with Gasteiger partial charge in [0, 0.05) is 44.3 Å². The van der Waals surface area contributed by atoms with Gasteiger partial charge >= 0.3 is 5.97 Å². The van der Waals surface area contributed by atoms with Gasteiger partial charge in [0.15, 0.2) is 6.61 Å². The molecular weight excluding hydrogens is 514 g/mol. The van der Waals surface area contributed by atoms with Gasteiger partial charge in [0.25, 0.3) is 5.91 Å². The molecule has 3 aromatic rings. The van der Waals surface area contributed by atoms with Crippen molar-refractivity contribution in [2.45, 2.75) is 18.0 Å². The average Bonchev–Trinajstić information content (AvgIpc) is 2.92. The molecule has 1 heterocycles. The zero-order valence-corrected chi connectivity index (χ0v) is 21.7. The Balaban J connectivity index is 1.30. The fraction of sp³-hybridized carbons (Fsp3) is 0.259. The van der Waals surface area contributed by atoms with Gasteiger partial charge < -0.3 is 10.1 Å². The van der Waals surface area contributed by atoms with E-state index in [0.717, 1.165) is 12.1 Å². The Kier molecular flexibility index (Phi) is 8.94. The lowest BCUT2D eigenvalue weighted by Crippen LogP contribution is -2.48. The molecule has 0 atom stereocenters. The second-order valence-electron chi connectivity index (χ2n) is 8.64. The minimum Gasteiger partial charge on any atom is -0.452 e. The molecular formula is C27H28ClN3O5S. The summed E-state index contributed by atoms with van der Waals surface area (Å²) in [5, 5.41) is 3.16. The fourth-order valence-electron chi connectivity index (χ4n) is 4.00. The monoisotopic (exact) mass is 541 g/mol. The van der Waals surface area contributed by atoms with Gasteiger partial charge in [0.1, 0.15) is 0 Å². The van der Waals surface area contributed by atoms with E-state index in [1.807, 2.05) is 18.2 Å². The maximum absolute atomic E-state index is 13.2. The summed E-state index contributed by atoms with van der Waals surface area (Å²) in [6, 6.07) is 22.8. The van der Waals surface area contributed by atoms with E-state index in [1.54, 1.807) is 24.3 Å². The lowest BCUT2D eigenvalue weighted by atomic mass is 10.2. The maximum Gasteiger partial charge on any atom is 0.338 e. The predicted molar refractivity (Wildman–Crippen MR) is 141 cm³/mol. The first-order chi connectivity index (χ1) is 17.8. The highest BCUT2D eigenvalue weighted by atomic mass is 35.5. The molecule has 0 saturated carbocycles. The molecule has 8 nitrogen and oxygen atoms in total. The van der Waals surface area contributed by atoms with Crippen LogP contribution in [0.3, 0.4) is 0 Å². The molecule has 0 radical (unpaired) electrons. The van der Waals surface area contributed by atoms with Crippen molar-refractivity contribution in [2.24, 2.45) is 0 Å². The van der Waals surface area contributed by atoms with E-state index in [0.29, 0.717) is 31.2 Å². The number of rotatable bonds is 9. The van der Waals surface area contributed by atoms with Crippen LogP contribution in [0.25, 0.3) is 0 Å². The molecule has 0 unspecified atom stereocenters. The number of esters is 1. The van der Waals surface area contributed by atoms with Crippen LogP contribution in [-0.2, 0) is 32.6 Å². The Labute approximate surface area is 221 Å². The van der Waals surface area contributed by atoms with Crippen molar-refractivity contribution < 1.29 is 22.7 Å². The summed E-state index contributed by atoms with van der Waals surface area (Å²) < 4.78 is 33.0. The number of nitrogens with zero attached hydrogens (tertiary/aromatic N) is 2. The number of sulfonamides is 1. The Bertz CT molecular complexity index is 1340. The second-order valence-corrected chi connectivity index (χ2v) is 11.0. The lowest BCUT2D eigenvalue weighted by molar-refractivity contribution is -0.124. The van der Waals surface area contributed by atoms with Crippen molar-refractivity contribution in [1.29, 1.82) is 0 Å². The Morgan fingerprint density at radius 1 is 0.892 bits per heavy atom. The normalized spacial score (nSPS) is 14.7. The summed E-state index contributed by atoms with van der Waals surface area (Å²) in [4.78, 5) is 26.8. The van der Waals surface area contributed by atoms with Gasteiger partial charge in [0.05, 0.1) is 10.5 Å². The van der Waals surface area contributed by atoms with Gasteiger partial charge in [-0.05, 0) is 35.4 Å². The predicted octanol–water partition coefficient (Wildman–Crippen LogP) is 3.32. The minimum atomic E-state index is -3.78. The zero-order chi connectivity index (χ0) is 26.3. The van der Waals surface area contributed by atoms with Crippen molar-refractivity contribution in [2.75, 3.05) is 32.8 Å². The van der Waals surface area contributed by atoms with Crippen molar-refractivity contribution in [1.82, 2.24) is 14.5 Å². The highest BCUT2D eigenvalue weighted by molar-refractivity contribution is 7.89. The lowest BCUT2D eigenvalue weighted by Gasteiger charge is -2.34. The number of hydrogen-bond donors (Lipinski definition) is 1. The summed E-state index contributed by atoms with van der Waals surface area (Å²) in [5.41, 5.74) is 1.98. The van der Waals surface area contributed by atoms with E-state index >= 15 is 0 Å². The number of hydrogen-bond acceptors (Lipinski definition) is 6. The molecule has 0 bridgehead atoms. The number of carbonyl (C=O) groups is 2. The third-order valence-electron chi connectivity index (χ3n) is 6.06. The SMILES string of the molecule is O=C(COC(=O)c1cccc(S(=O)(=O)N2CCN(Cc3ccccc3)CC2)c1)NCc1ccccc1Cl. The van der Waals surface area contributed by atoms with Gasteiger partial charge in [-0.3, -0.25) is 9.69 Å². The van der Waals surface area contributed by atoms with Crippen LogP contribution in [0.4, 0.5) is 0 Å². The molecule has 37 heavy (non-hydrogen) atoms. The minimum absolute atomic E-state index is 0.0154. The van der Waals surface area contributed by atoms with Crippen LogP contribution in [0.1, 0.15) is 21.5 Å². The highest BCUT2D eigenvalue weighted by Gasteiger charge is 2.29. The fourth-order valence-corrected chi connectivity index (χ4v) is 5.67. The summed E-state index contributed by atoms with van der Waals surface area (Å²) in [7, 11) is -3.78. The van der Waals surface area contributed by atoms with Crippen LogP contribution in [0, 0.1) is 0 Å². The maximum atomic E-state index is 13.2. The number of benzene rings is 3. The third-order valence-corrected chi connectivity index (χ3v) is 8.32. The first-order valence-electron chi connectivity index (χ1n) is 11.9. The highest BCUT2D eigenvalue weighted by Crippen LogP contribution is 2.20. The number of carbonyl (C=O) groups excluding carboxylic acids is 2. The quantitative estimate of drug-likeness (QED) is 0.418. The molecule has 0 aromatic heterocycles. The van der Waals surface area contributed by atoms with Crippen LogP contribution in [0.5, 0.6) is 0 Å². The number of piperazine rings is 1. The Hall–Kier alpha value is -3.24. The summed E-state index contributed by atoms with van der Waals surface area (Å²) in [6.07, 6.45) is 0. The van der Waals surface area contributed by atoms with E-state index in [9.17, 15) is 18.0 Å². The van der Waals surface area contributed by atoms with E-state index in [1.165, 1.54) is 34.1 Å². The van der Waals surface area contributed by atoms with Crippen LogP contribution < -0.4 is 5.32 Å². The van der Waals surface area contributed by atoms with E-state index in [2.05, 4.69) is 22.3 Å². The van der Waals surface area contributed by atoms with Gasteiger partial charge in [0.2, 0.25) is 10.0 Å². The van der Waals surface area contributed by atoms with E-state index < -0.39 is 28.5 Å². The number of halogens is 1. The van der Waals surface area contributed by atoms with Gasteiger partial charge in [-0.15, -0.1) is 0 Å². The third kappa shape index (κ3) is 7.17. The van der Waals surface area contributed by atoms with Crippen molar-refractivity contribution in [3.05, 3.63) is 101 Å². The zero-order valence-electron chi connectivity index (χ0n) is 20.2. The molecule has 3 aromatic carbocycles. The first-order valence-corrected chi connectivity index (χ1v) is 13.7. The molecule has 1 aliphatic heterocycles. The van der Waals surface area contributed by atoms with E-state index in [4.69, 9.17) is 16.3 Å². The molecule has 1 fully saturated rings. The van der Waals surface area contributed by atoms with Crippen LogP contribution in [0.15, 0.2) is 83.8 Å². The topological polar surface area (TPSA) is 96.0 Å². The number of ether oxygens (including phenoxy) is 1. The van der Waals surface area contributed by atoms with Crippen LogP contribution in [0.2, 0.25) is 5.02 Å². The Morgan fingerprint density at radius 2 is 1.59 bits per heavy atom. The largest absolute Gasteiger partial charge is 0.452 e. The summed E-state index contributed by atoms with van der Waals surface area (Å²) in [6.45, 7) is 2.40. The van der Waals surface area contributed by atoms with Crippen molar-refractivity contribution >= 4 is 33.5 Å². The molecule has 194 valence electrons. The standard InChI is InChI=1S/C27H28ClN3O5S/c28-25-12-5-4-9-23(25)18-29-26(32)20-36-27(33)22-10-6-11-24(17-22)37(34,35)31-15-13-30(14-16-31)19-21-7-2-1-3-8-21/h1-12,17H,13-16,18-20H2,(H,29,32). The molecule has 1 N–H and O–H groups in total. The summed E-state index contributed by atoms with van der Waals surface area (Å²) >= 11 is 6.07. The van der Waals surface area contributed by atoms with Crippen LogP contribution in [-0.4, -0.2) is 62.3 Å². The molecule has 10 heteroatoms. The molecule has 1 aliphatic rings. The first kappa shape index (κ1) is 26.8. The molecule has 0 spiro atoms. The van der Waals surface area contributed by atoms with Crippen LogP contribution >= 0.6 is 11.6 Å². The second kappa shape index (κ2) is 12.3. The van der Waals surface area contributed by atoms with Gasteiger partial charge in [-0.25, -0.2) is 13.2 Å². The smallest absolute Gasteiger partial charge is 0.338 e. The van der Waals surface area contributed by atoms with Crippen molar-refractivity contribution in [3.63, 3.8) is 0 Å². The van der Waals surface area contributed by atoms with Gasteiger partial charge in [-0.1, -0.05) is 66.2 Å². The Morgan fingerprint density at radius 3 is 2.32 bits per heavy atom. The van der Waals surface area contributed by atoms with E-state index in [-0.39, 0.29) is 17.0 Å². The van der Waals surface area contributed by atoms with Crippen molar-refractivity contribution in [3.8, 4) is 0 Å². The number of amides is 1. The molecule has 4 rings (SSSR count).